The second kappa shape index (κ2) is 8.49. The van der Waals surface area contributed by atoms with Crippen LogP contribution in [-0.2, 0) is 17.4 Å². The van der Waals surface area contributed by atoms with Crippen LogP contribution < -0.4 is 0 Å². The lowest BCUT2D eigenvalue weighted by Gasteiger charge is -2.51. The van der Waals surface area contributed by atoms with Crippen LogP contribution in [0.3, 0.4) is 0 Å². The molecule has 1 aliphatic carbocycles. The predicted molar refractivity (Wildman–Crippen MR) is 144 cm³/mol. The molecule has 2 saturated heterocycles. The van der Waals surface area contributed by atoms with E-state index in [0.29, 0.717) is 19.4 Å². The summed E-state index contributed by atoms with van der Waals surface area (Å²) >= 11 is 0. The molecular formula is C32H32N2O3. The lowest BCUT2D eigenvalue weighted by molar-refractivity contribution is -0.0890. The van der Waals surface area contributed by atoms with Crippen molar-refractivity contribution in [3.8, 4) is 11.1 Å². The number of nitrogens with zero attached hydrogens (tertiary/aromatic N) is 2. The SMILES string of the molecule is Cn1ccc2cc(C3(O)CC4CCCC(C3)N4C(=O)OCC3c4ccccc4-c4ccccc43)ccc21. The molecule has 2 bridgehead atoms. The first-order valence-electron chi connectivity index (χ1n) is 13.4. The predicted octanol–water partition coefficient (Wildman–Crippen LogP) is 6.33. The minimum Gasteiger partial charge on any atom is -0.448 e. The first-order valence-corrected chi connectivity index (χ1v) is 13.4. The highest BCUT2D eigenvalue weighted by atomic mass is 16.6. The molecule has 5 nitrogen and oxygen atoms in total. The minimum absolute atomic E-state index is 0.0142. The number of aromatic nitrogens is 1. The van der Waals surface area contributed by atoms with E-state index in [1.165, 1.54) is 22.3 Å². The van der Waals surface area contributed by atoms with Crippen molar-refractivity contribution in [2.45, 2.75) is 55.7 Å². The Morgan fingerprint density at radius 2 is 1.59 bits per heavy atom. The van der Waals surface area contributed by atoms with Gasteiger partial charge in [-0.1, -0.05) is 54.6 Å². The molecule has 4 aromatic rings. The minimum atomic E-state index is -0.931. The summed E-state index contributed by atoms with van der Waals surface area (Å²) in [5.74, 6) is 0.0514. The molecule has 0 saturated carbocycles. The maximum absolute atomic E-state index is 13.5. The summed E-state index contributed by atoms with van der Waals surface area (Å²) in [5, 5.41) is 13.0. The molecule has 1 amide bonds. The Hall–Kier alpha value is -3.57. The molecule has 7 rings (SSSR count). The van der Waals surface area contributed by atoms with Gasteiger partial charge in [-0.25, -0.2) is 4.79 Å². The Morgan fingerprint density at radius 1 is 0.946 bits per heavy atom. The lowest BCUT2D eigenvalue weighted by atomic mass is 9.72. The molecule has 188 valence electrons. The third kappa shape index (κ3) is 3.59. The van der Waals surface area contributed by atoms with Crippen LogP contribution in [0.2, 0.25) is 0 Å². The van der Waals surface area contributed by atoms with Crippen LogP contribution in [0.15, 0.2) is 79.0 Å². The maximum Gasteiger partial charge on any atom is 0.410 e. The van der Waals surface area contributed by atoms with E-state index in [1.807, 2.05) is 18.1 Å². The van der Waals surface area contributed by atoms with Gasteiger partial charge >= 0.3 is 6.09 Å². The molecule has 2 atom stereocenters. The van der Waals surface area contributed by atoms with Crippen molar-refractivity contribution in [2.24, 2.45) is 7.05 Å². The van der Waals surface area contributed by atoms with Crippen molar-refractivity contribution in [3.05, 3.63) is 95.7 Å². The van der Waals surface area contributed by atoms with Crippen LogP contribution in [0.1, 0.15) is 54.7 Å². The number of carbonyl (C=O) groups is 1. The first kappa shape index (κ1) is 22.6. The molecule has 5 heteroatoms. The molecule has 3 heterocycles. The largest absolute Gasteiger partial charge is 0.448 e. The van der Waals surface area contributed by atoms with Gasteiger partial charge < -0.3 is 19.3 Å². The van der Waals surface area contributed by atoms with E-state index >= 15 is 0 Å². The standard InChI is InChI=1S/C32H32N2O3/c1-33-16-15-21-17-22(13-14-30(21)33)32(36)18-23-7-6-8-24(19-32)34(23)31(35)37-20-29-27-11-4-2-9-25(27)26-10-3-5-12-28(26)29/h2-5,9-17,23-24,29,36H,6-8,18-20H2,1H3. The van der Waals surface area contributed by atoms with Gasteiger partial charge in [-0.2, -0.15) is 0 Å². The van der Waals surface area contributed by atoms with Crippen LogP contribution in [0.25, 0.3) is 22.0 Å². The van der Waals surface area contributed by atoms with Gasteiger partial charge in [0.1, 0.15) is 6.61 Å². The van der Waals surface area contributed by atoms with Crippen LogP contribution in [0.4, 0.5) is 4.79 Å². The Morgan fingerprint density at radius 3 is 2.27 bits per heavy atom. The van der Waals surface area contributed by atoms with E-state index in [1.54, 1.807) is 0 Å². The van der Waals surface area contributed by atoms with E-state index in [2.05, 4.69) is 77.4 Å². The second-order valence-electron chi connectivity index (χ2n) is 11.1. The Bertz CT molecular complexity index is 1450. The zero-order chi connectivity index (χ0) is 25.1. The van der Waals surface area contributed by atoms with Crippen molar-refractivity contribution in [2.75, 3.05) is 6.61 Å². The molecule has 2 fully saturated rings. The van der Waals surface area contributed by atoms with Gasteiger partial charge in [-0.3, -0.25) is 0 Å². The highest BCUT2D eigenvalue weighted by Gasteiger charge is 2.49. The van der Waals surface area contributed by atoms with Gasteiger partial charge in [0, 0.05) is 49.6 Å². The van der Waals surface area contributed by atoms with E-state index in [-0.39, 0.29) is 24.1 Å². The van der Waals surface area contributed by atoms with E-state index in [9.17, 15) is 9.90 Å². The van der Waals surface area contributed by atoms with Gasteiger partial charge in [0.25, 0.3) is 0 Å². The molecule has 37 heavy (non-hydrogen) atoms. The van der Waals surface area contributed by atoms with Crippen molar-refractivity contribution in [1.82, 2.24) is 9.47 Å². The van der Waals surface area contributed by atoms with Crippen LogP contribution >= 0.6 is 0 Å². The van der Waals surface area contributed by atoms with Gasteiger partial charge in [0.05, 0.1) is 5.60 Å². The Kier molecular flexibility index (Phi) is 5.19. The summed E-state index contributed by atoms with van der Waals surface area (Å²) < 4.78 is 8.15. The summed E-state index contributed by atoms with van der Waals surface area (Å²) in [5.41, 5.74) is 6.09. The number of hydrogen-bond acceptors (Lipinski definition) is 3. The van der Waals surface area contributed by atoms with Crippen molar-refractivity contribution >= 4 is 17.0 Å². The average Bonchev–Trinajstić information content (AvgIpc) is 3.44. The van der Waals surface area contributed by atoms with Gasteiger partial charge in [-0.05, 0) is 70.7 Å². The number of aryl methyl sites for hydroxylation is 1. The third-order valence-electron chi connectivity index (χ3n) is 8.98. The normalized spacial score (nSPS) is 24.6. The van der Waals surface area contributed by atoms with Gasteiger partial charge in [-0.15, -0.1) is 0 Å². The number of fused-ring (bicyclic) bond motifs is 6. The van der Waals surface area contributed by atoms with E-state index in [0.717, 1.165) is 35.7 Å². The first-order chi connectivity index (χ1) is 18.0. The van der Waals surface area contributed by atoms with Crippen LogP contribution in [-0.4, -0.2) is 39.4 Å². The molecule has 0 spiro atoms. The number of amides is 1. The van der Waals surface area contributed by atoms with E-state index < -0.39 is 5.60 Å². The Labute approximate surface area is 217 Å². The fraction of sp³-hybridized carbons (Fsp3) is 0.344. The molecule has 3 aliphatic rings. The van der Waals surface area contributed by atoms with Crippen molar-refractivity contribution < 1.29 is 14.6 Å². The zero-order valence-corrected chi connectivity index (χ0v) is 21.1. The number of benzene rings is 3. The summed E-state index contributed by atoms with van der Waals surface area (Å²) in [6.45, 7) is 0.331. The monoisotopic (exact) mass is 492 g/mol. The smallest absolute Gasteiger partial charge is 0.410 e. The molecule has 2 aliphatic heterocycles. The maximum atomic E-state index is 13.5. The van der Waals surface area contributed by atoms with Crippen molar-refractivity contribution in [1.29, 1.82) is 0 Å². The number of rotatable bonds is 3. The molecule has 0 radical (unpaired) electrons. The molecule has 3 aromatic carbocycles. The lowest BCUT2D eigenvalue weighted by Crippen LogP contribution is -2.59. The molecule has 1 aromatic heterocycles. The highest BCUT2D eigenvalue weighted by Crippen LogP contribution is 2.47. The fourth-order valence-corrected chi connectivity index (χ4v) is 7.20. The number of hydrogen-bond donors (Lipinski definition) is 1. The number of ether oxygens (including phenoxy) is 1. The topological polar surface area (TPSA) is 54.7 Å². The number of piperidine rings is 2. The molecule has 2 unspecified atom stereocenters. The molecular weight excluding hydrogens is 460 g/mol. The number of aliphatic hydroxyl groups is 1. The van der Waals surface area contributed by atoms with Gasteiger partial charge in [0.15, 0.2) is 0 Å². The second-order valence-corrected chi connectivity index (χ2v) is 11.1. The summed E-state index contributed by atoms with van der Waals surface area (Å²) in [4.78, 5) is 15.5. The van der Waals surface area contributed by atoms with Crippen LogP contribution in [0.5, 0.6) is 0 Å². The van der Waals surface area contributed by atoms with Crippen LogP contribution in [0, 0.1) is 0 Å². The Balaban J connectivity index is 1.11. The average molecular weight is 493 g/mol. The quantitative estimate of drug-likeness (QED) is 0.364. The van der Waals surface area contributed by atoms with E-state index in [4.69, 9.17) is 4.74 Å². The zero-order valence-electron chi connectivity index (χ0n) is 21.1. The molecule has 1 N–H and O–H groups in total. The summed E-state index contributed by atoms with van der Waals surface area (Å²) in [6, 6.07) is 25.2. The third-order valence-corrected chi connectivity index (χ3v) is 8.98. The summed E-state index contributed by atoms with van der Waals surface area (Å²) in [6.07, 6.45) is 5.78. The fourth-order valence-electron chi connectivity index (χ4n) is 7.20. The summed E-state index contributed by atoms with van der Waals surface area (Å²) in [7, 11) is 2.04. The highest BCUT2D eigenvalue weighted by molar-refractivity contribution is 5.81. The van der Waals surface area contributed by atoms with Gasteiger partial charge in [0.2, 0.25) is 0 Å². The number of carbonyl (C=O) groups excluding carboxylic acids is 1. The van der Waals surface area contributed by atoms with Crippen molar-refractivity contribution in [3.63, 3.8) is 0 Å².